The molecule has 57 heavy (non-hydrogen) atoms. The molecule has 1 fully saturated rings. The maximum atomic E-state index is 10.4. The highest BCUT2D eigenvalue weighted by Gasteiger charge is 2.23. The monoisotopic (exact) mass is 770 g/mol. The number of hydrogen-bond donors (Lipinski definition) is 1. The molecule has 0 saturated carbocycles. The van der Waals surface area contributed by atoms with Crippen molar-refractivity contribution < 1.29 is 24.1 Å². The van der Waals surface area contributed by atoms with Gasteiger partial charge in [-0.15, -0.1) is 0 Å². The highest BCUT2D eigenvalue weighted by atomic mass is 16.5. The Morgan fingerprint density at radius 1 is 0.702 bits per heavy atom. The average molecular weight is 771 g/mol. The van der Waals surface area contributed by atoms with Gasteiger partial charge in [-0.3, -0.25) is 0 Å². The second-order valence-corrected chi connectivity index (χ2v) is 15.4. The summed E-state index contributed by atoms with van der Waals surface area (Å²) >= 11 is 0. The highest BCUT2D eigenvalue weighted by Crippen LogP contribution is 2.38. The van der Waals surface area contributed by atoms with Crippen molar-refractivity contribution in [2.24, 2.45) is 0 Å². The molecule has 3 heterocycles. The number of morpholine rings is 1. The third kappa shape index (κ3) is 9.72. The molecule has 11 heteroatoms. The minimum Gasteiger partial charge on any atom is -0.489 e. The summed E-state index contributed by atoms with van der Waals surface area (Å²) in [6.45, 7) is 16.8. The van der Waals surface area contributed by atoms with Crippen LogP contribution in [0.15, 0.2) is 78.9 Å². The first kappa shape index (κ1) is 39.7. The normalized spacial score (nSPS) is 13.3. The van der Waals surface area contributed by atoms with Gasteiger partial charge in [-0.2, -0.15) is 19.9 Å². The third-order valence-corrected chi connectivity index (χ3v) is 9.82. The minimum atomic E-state index is -1.05. The first-order valence-electron chi connectivity index (χ1n) is 20.1. The van der Waals surface area contributed by atoms with Crippen LogP contribution in [-0.4, -0.2) is 89.9 Å². The van der Waals surface area contributed by atoms with Crippen molar-refractivity contribution in [3.8, 4) is 40.0 Å². The van der Waals surface area contributed by atoms with Gasteiger partial charge >= 0.3 is 12.0 Å². The Morgan fingerprint density at radius 2 is 1.35 bits per heavy atom. The second-order valence-electron chi connectivity index (χ2n) is 15.4. The molecule has 2 aromatic heterocycles. The van der Waals surface area contributed by atoms with E-state index in [4.69, 9.17) is 38.9 Å². The van der Waals surface area contributed by atoms with Gasteiger partial charge in [-0.05, 0) is 75.4 Å². The number of nitrogens with zero attached hydrogens (tertiary/aromatic N) is 6. The predicted molar refractivity (Wildman–Crippen MR) is 228 cm³/mol. The number of fused-ring (bicyclic) bond motifs is 2. The van der Waals surface area contributed by atoms with E-state index in [1.54, 1.807) is 13.8 Å². The van der Waals surface area contributed by atoms with Crippen LogP contribution in [0.25, 0.3) is 44.1 Å². The summed E-state index contributed by atoms with van der Waals surface area (Å²) in [7, 11) is 0. The van der Waals surface area contributed by atoms with Crippen LogP contribution in [0.1, 0.15) is 51.7 Å². The zero-order chi connectivity index (χ0) is 39.9. The number of hydrogen-bond acceptors (Lipinski definition) is 11. The molecule has 1 saturated heterocycles. The average Bonchev–Trinajstić information content (AvgIpc) is 3.20. The largest absolute Gasteiger partial charge is 0.489 e. The zero-order valence-corrected chi connectivity index (χ0v) is 34.0. The Balaban J connectivity index is 1.20. The third-order valence-electron chi connectivity index (χ3n) is 9.82. The fourth-order valence-electron chi connectivity index (χ4n) is 7.15. The van der Waals surface area contributed by atoms with Crippen LogP contribution in [0.5, 0.6) is 17.8 Å². The molecule has 0 spiro atoms. The minimum absolute atomic E-state index is 0.0459. The predicted octanol–water partition coefficient (Wildman–Crippen LogP) is 8.59. The molecule has 6 aromatic rings. The Labute approximate surface area is 335 Å². The summed E-state index contributed by atoms with van der Waals surface area (Å²) in [4.78, 5) is 24.1. The summed E-state index contributed by atoms with van der Waals surface area (Å²) in [5.41, 5.74) is 7.03. The van der Waals surface area contributed by atoms with Crippen molar-refractivity contribution in [3.05, 3.63) is 90.0 Å². The topological polar surface area (TPSA) is 115 Å². The smallest absolute Gasteiger partial charge is 0.319 e. The second kappa shape index (κ2) is 17.7. The van der Waals surface area contributed by atoms with Gasteiger partial charge < -0.3 is 33.9 Å². The van der Waals surface area contributed by atoms with E-state index in [-0.39, 0.29) is 25.8 Å². The van der Waals surface area contributed by atoms with Crippen LogP contribution in [0.3, 0.4) is 0 Å². The Hall–Kier alpha value is -5.52. The van der Waals surface area contributed by atoms with Crippen LogP contribution >= 0.6 is 0 Å². The molecule has 7 rings (SSSR count). The Morgan fingerprint density at radius 3 is 2.05 bits per heavy atom. The lowest BCUT2D eigenvalue weighted by Gasteiger charge is -2.29. The molecule has 1 aliphatic rings. The number of rotatable bonds is 16. The van der Waals surface area contributed by atoms with Gasteiger partial charge in [0.1, 0.15) is 37.2 Å². The van der Waals surface area contributed by atoms with Gasteiger partial charge in [0.15, 0.2) is 0 Å². The maximum absolute atomic E-state index is 10.4. The van der Waals surface area contributed by atoms with Gasteiger partial charge in [0, 0.05) is 48.6 Å². The molecule has 11 nitrogen and oxygen atoms in total. The summed E-state index contributed by atoms with van der Waals surface area (Å²) in [6.07, 6.45) is 1.99. The van der Waals surface area contributed by atoms with E-state index >= 15 is 0 Å². The summed E-state index contributed by atoms with van der Waals surface area (Å²) < 4.78 is 24.4. The Bertz CT molecular complexity index is 2310. The van der Waals surface area contributed by atoms with Crippen LogP contribution in [-0.2, 0) is 4.74 Å². The standard InChI is InChI=1S/C46H54N6O5/c1-7-17-51(18-8-2)42-37-27-34(33-13-9-11-31(3)25-33)15-16-39(37)47-44(49-42)56-24-23-55-41-29-40-38(28-36(41)35-14-10-12-32(4)26-35)43(52-19-21-54-22-20-52)50-45(48-40)57-30-46(5,6)53/h9-16,25-29,53H,7-8,17-24,30H2,1-6H3. The van der Waals surface area contributed by atoms with Gasteiger partial charge in [-0.1, -0.05) is 79.6 Å². The van der Waals surface area contributed by atoms with Crippen molar-refractivity contribution >= 4 is 33.4 Å². The van der Waals surface area contributed by atoms with Gasteiger partial charge in [0.2, 0.25) is 0 Å². The number of aliphatic hydroxyl groups is 1. The summed E-state index contributed by atoms with van der Waals surface area (Å²) in [6, 6.07) is 27.8. The molecule has 0 atom stereocenters. The summed E-state index contributed by atoms with van der Waals surface area (Å²) in [5.74, 6) is 2.29. The van der Waals surface area contributed by atoms with Crippen molar-refractivity contribution in [2.75, 3.05) is 69.0 Å². The molecule has 0 bridgehead atoms. The number of ether oxygens (including phenoxy) is 4. The number of benzene rings is 4. The molecule has 4 aromatic carbocycles. The Kier molecular flexibility index (Phi) is 12.4. The number of anilines is 2. The van der Waals surface area contributed by atoms with E-state index in [0.717, 1.165) is 76.1 Å². The first-order chi connectivity index (χ1) is 27.6. The molecule has 1 N–H and O–H groups in total. The summed E-state index contributed by atoms with van der Waals surface area (Å²) in [5, 5.41) is 12.3. The first-order valence-corrected chi connectivity index (χ1v) is 20.1. The van der Waals surface area contributed by atoms with E-state index in [1.807, 2.05) is 12.1 Å². The van der Waals surface area contributed by atoms with Crippen LogP contribution in [0, 0.1) is 13.8 Å². The SMILES string of the molecule is CCCN(CCC)c1nc(OCCOc2cc3nc(OCC(C)(C)O)nc(N4CCOCC4)c3cc2-c2cccc(C)c2)nc2ccc(-c3cccc(C)c3)cc12. The van der Waals surface area contributed by atoms with Crippen LogP contribution in [0.4, 0.5) is 11.6 Å². The van der Waals surface area contributed by atoms with Gasteiger partial charge in [-0.25, -0.2) is 0 Å². The molecule has 0 unspecified atom stereocenters. The van der Waals surface area contributed by atoms with Crippen molar-refractivity contribution in [3.63, 3.8) is 0 Å². The quantitative estimate of drug-likeness (QED) is 0.0955. The van der Waals surface area contributed by atoms with Gasteiger partial charge in [0.25, 0.3) is 0 Å². The fourth-order valence-corrected chi connectivity index (χ4v) is 7.15. The lowest BCUT2D eigenvalue weighted by molar-refractivity contribution is 0.0251. The molecular formula is C46H54N6O5. The van der Waals surface area contributed by atoms with Crippen LogP contribution < -0.4 is 24.0 Å². The van der Waals surface area contributed by atoms with Crippen molar-refractivity contribution in [1.29, 1.82) is 0 Å². The van der Waals surface area contributed by atoms with E-state index in [1.165, 1.54) is 11.1 Å². The molecule has 0 radical (unpaired) electrons. The van der Waals surface area contributed by atoms with Gasteiger partial charge in [0.05, 0.1) is 29.8 Å². The van der Waals surface area contributed by atoms with E-state index in [9.17, 15) is 5.11 Å². The van der Waals surface area contributed by atoms with E-state index < -0.39 is 5.60 Å². The number of aromatic nitrogens is 4. The lowest BCUT2D eigenvalue weighted by atomic mass is 10.00. The van der Waals surface area contributed by atoms with E-state index in [0.29, 0.717) is 43.6 Å². The fraction of sp³-hybridized carbons (Fsp3) is 0.391. The van der Waals surface area contributed by atoms with Crippen molar-refractivity contribution in [2.45, 2.75) is 60.0 Å². The molecule has 0 amide bonds. The number of aryl methyl sites for hydroxylation is 2. The lowest BCUT2D eigenvalue weighted by Crippen LogP contribution is -2.37. The maximum Gasteiger partial charge on any atom is 0.319 e. The molecular weight excluding hydrogens is 717 g/mol. The molecule has 1 aliphatic heterocycles. The van der Waals surface area contributed by atoms with Crippen molar-refractivity contribution in [1.82, 2.24) is 19.9 Å². The van der Waals surface area contributed by atoms with Crippen LogP contribution in [0.2, 0.25) is 0 Å². The molecule has 0 aliphatic carbocycles. The van der Waals surface area contributed by atoms with E-state index in [2.05, 4.69) is 104 Å². The zero-order valence-electron chi connectivity index (χ0n) is 34.0. The molecule has 298 valence electrons. The highest BCUT2D eigenvalue weighted by molar-refractivity contribution is 5.96.